The molecule has 0 spiro atoms. The number of anilines is 6. The maximum Gasteiger partial charge on any atom is 0.125 e. The average Bonchev–Trinajstić information content (AvgIpc) is 3.64. The van der Waals surface area contributed by atoms with E-state index in [0.29, 0.717) is 0 Å². The van der Waals surface area contributed by atoms with Gasteiger partial charge in [0.2, 0.25) is 0 Å². The number of fused-ring (bicyclic) bond motifs is 5. The molecular formula is C55H39N3. The Bertz CT molecular complexity index is 2900. The fourth-order valence-electron chi connectivity index (χ4n) is 9.35. The molecule has 0 atom stereocenters. The fourth-order valence-corrected chi connectivity index (χ4v) is 9.35. The minimum absolute atomic E-state index is 0.664. The zero-order chi connectivity index (χ0) is 38.5. The smallest absolute Gasteiger partial charge is 0.125 e. The second-order valence-electron chi connectivity index (χ2n) is 14.9. The molecular weight excluding hydrogens is 703 g/mol. The lowest BCUT2D eigenvalue weighted by atomic mass is 9.72. The van der Waals surface area contributed by atoms with E-state index < -0.39 is 5.54 Å². The minimum Gasteiger partial charge on any atom is -0.322 e. The van der Waals surface area contributed by atoms with Crippen molar-refractivity contribution in [2.45, 2.75) is 5.54 Å². The normalized spacial score (nSPS) is 12.9. The highest BCUT2D eigenvalue weighted by Gasteiger charge is 2.47. The van der Waals surface area contributed by atoms with Crippen LogP contribution in [-0.4, -0.2) is 4.57 Å². The molecule has 3 heteroatoms. The second kappa shape index (κ2) is 13.8. The first-order valence-corrected chi connectivity index (χ1v) is 19.9. The van der Waals surface area contributed by atoms with Gasteiger partial charge in [0.05, 0.1) is 22.4 Å². The van der Waals surface area contributed by atoms with E-state index in [1.165, 1.54) is 49.6 Å². The molecule has 9 aromatic carbocycles. The Balaban J connectivity index is 1.05. The van der Waals surface area contributed by atoms with Gasteiger partial charge in [0.1, 0.15) is 5.54 Å². The monoisotopic (exact) mass is 741 g/mol. The number of rotatable bonds is 7. The minimum atomic E-state index is -0.664. The van der Waals surface area contributed by atoms with Gasteiger partial charge in [-0.15, -0.1) is 0 Å². The summed E-state index contributed by atoms with van der Waals surface area (Å²) in [5, 5.41) is 2.50. The van der Waals surface area contributed by atoms with Crippen LogP contribution in [0.4, 0.5) is 34.1 Å². The number of hydrogen-bond donors (Lipinski definition) is 0. The van der Waals surface area contributed by atoms with Crippen LogP contribution in [0.1, 0.15) is 16.7 Å². The lowest BCUT2D eigenvalue weighted by Gasteiger charge is -2.47. The molecule has 11 rings (SSSR count). The molecule has 1 aliphatic rings. The summed E-state index contributed by atoms with van der Waals surface area (Å²) < 4.78 is 2.60. The van der Waals surface area contributed by atoms with Gasteiger partial charge in [-0.2, -0.15) is 0 Å². The van der Waals surface area contributed by atoms with E-state index in [0.717, 1.165) is 34.1 Å². The summed E-state index contributed by atoms with van der Waals surface area (Å²) in [5.74, 6) is 0. The quantitative estimate of drug-likeness (QED) is 0.161. The molecule has 0 saturated heterocycles. The van der Waals surface area contributed by atoms with Crippen molar-refractivity contribution in [3.63, 3.8) is 0 Å². The highest BCUT2D eigenvalue weighted by Crippen LogP contribution is 2.57. The Morgan fingerprint density at radius 1 is 0.328 bits per heavy atom. The number of benzene rings is 9. The molecule has 1 aliphatic heterocycles. The molecule has 3 nitrogen and oxygen atoms in total. The maximum absolute atomic E-state index is 2.60. The molecule has 0 fully saturated rings. The van der Waals surface area contributed by atoms with Crippen molar-refractivity contribution in [1.29, 1.82) is 0 Å². The summed E-state index contributed by atoms with van der Waals surface area (Å²) in [6.07, 6.45) is 0. The Hall–Kier alpha value is -7.62. The first-order chi connectivity index (χ1) is 28.8. The maximum atomic E-state index is 2.60. The third-order valence-electron chi connectivity index (χ3n) is 11.8. The number of para-hydroxylation sites is 6. The van der Waals surface area contributed by atoms with Crippen LogP contribution in [0.3, 0.4) is 0 Å². The van der Waals surface area contributed by atoms with Crippen LogP contribution in [0, 0.1) is 0 Å². The summed E-state index contributed by atoms with van der Waals surface area (Å²) in [6.45, 7) is 0. The van der Waals surface area contributed by atoms with Gasteiger partial charge in [-0.1, -0.05) is 164 Å². The van der Waals surface area contributed by atoms with Gasteiger partial charge in [0.25, 0.3) is 0 Å². The van der Waals surface area contributed by atoms with Gasteiger partial charge in [-0.05, 0) is 89.5 Å². The Labute approximate surface area is 338 Å². The van der Waals surface area contributed by atoms with Crippen molar-refractivity contribution in [3.05, 3.63) is 253 Å². The first-order valence-electron chi connectivity index (χ1n) is 19.9. The molecule has 0 N–H and O–H groups in total. The van der Waals surface area contributed by atoms with E-state index in [9.17, 15) is 0 Å². The molecule has 2 heterocycles. The number of nitrogens with zero attached hydrogens (tertiary/aromatic N) is 3. The summed E-state index contributed by atoms with van der Waals surface area (Å²) in [7, 11) is 0. The summed E-state index contributed by atoms with van der Waals surface area (Å²) in [5.41, 5.74) is 14.6. The topological polar surface area (TPSA) is 11.4 Å². The van der Waals surface area contributed by atoms with Crippen LogP contribution < -0.4 is 9.80 Å². The molecule has 1 aromatic heterocycles. The first kappa shape index (κ1) is 33.7. The van der Waals surface area contributed by atoms with Gasteiger partial charge in [0.15, 0.2) is 0 Å². The lowest BCUT2D eigenvalue weighted by molar-refractivity contribution is 0.544. The van der Waals surface area contributed by atoms with Crippen molar-refractivity contribution in [3.8, 4) is 11.1 Å². The SMILES string of the molecule is c1ccc(N(c2ccccc2)c2ccc(-c3ccc(N4c5ccccc5C(c5ccccc5)(n5c6ccccc6c6ccccc65)c5ccccc54)cc3)cc2)cc1. The number of hydrogen-bond acceptors (Lipinski definition) is 2. The molecule has 58 heavy (non-hydrogen) atoms. The van der Waals surface area contributed by atoms with Crippen molar-refractivity contribution in [2.75, 3.05) is 9.80 Å². The van der Waals surface area contributed by atoms with Crippen molar-refractivity contribution in [2.24, 2.45) is 0 Å². The number of aromatic nitrogens is 1. The predicted octanol–water partition coefficient (Wildman–Crippen LogP) is 14.6. The molecule has 0 aliphatic carbocycles. The largest absolute Gasteiger partial charge is 0.322 e. The third-order valence-corrected chi connectivity index (χ3v) is 11.8. The van der Waals surface area contributed by atoms with Crippen molar-refractivity contribution < 1.29 is 0 Å². The standard InChI is InChI=1S/C55H39N3/c1-4-18-42(19-5-1)55(58-51-28-14-10-24-47(51)48-25-11-15-29-52(48)58)49-26-12-16-30-53(49)57(54-31-17-13-27-50(54)55)46-38-34-41(35-39-46)40-32-36-45(37-33-40)56(43-20-6-2-7-21-43)44-22-8-3-9-23-44/h1-39H. The van der Waals surface area contributed by atoms with Gasteiger partial charge in [-0.25, -0.2) is 0 Å². The highest BCUT2D eigenvalue weighted by molar-refractivity contribution is 6.09. The third kappa shape index (κ3) is 5.21. The van der Waals surface area contributed by atoms with Crippen molar-refractivity contribution in [1.82, 2.24) is 4.57 Å². The van der Waals surface area contributed by atoms with E-state index in [1.807, 2.05) is 0 Å². The van der Waals surface area contributed by atoms with Gasteiger partial charge in [-0.3, -0.25) is 0 Å². The van der Waals surface area contributed by atoms with E-state index in [2.05, 4.69) is 251 Å². The van der Waals surface area contributed by atoms with Crippen molar-refractivity contribution >= 4 is 55.9 Å². The Morgan fingerprint density at radius 3 is 1.24 bits per heavy atom. The van der Waals surface area contributed by atoms with Crippen LogP contribution in [-0.2, 0) is 5.54 Å². The van der Waals surface area contributed by atoms with Gasteiger partial charge >= 0.3 is 0 Å². The molecule has 0 unspecified atom stereocenters. The fraction of sp³-hybridized carbons (Fsp3) is 0.0182. The van der Waals surface area contributed by atoms with E-state index >= 15 is 0 Å². The molecule has 0 amide bonds. The Morgan fingerprint density at radius 2 is 0.724 bits per heavy atom. The zero-order valence-corrected chi connectivity index (χ0v) is 31.9. The molecule has 10 aromatic rings. The predicted molar refractivity (Wildman–Crippen MR) is 242 cm³/mol. The summed E-state index contributed by atoms with van der Waals surface area (Å²) in [4.78, 5) is 4.75. The summed E-state index contributed by atoms with van der Waals surface area (Å²) in [6, 6.07) is 85.8. The second-order valence-corrected chi connectivity index (χ2v) is 14.9. The van der Waals surface area contributed by atoms with Gasteiger partial charge < -0.3 is 14.4 Å². The molecule has 0 radical (unpaired) electrons. The van der Waals surface area contributed by atoms with Crippen LogP contribution in [0.2, 0.25) is 0 Å². The highest BCUT2D eigenvalue weighted by atomic mass is 15.2. The molecule has 0 saturated carbocycles. The van der Waals surface area contributed by atoms with Crippen LogP contribution in [0.25, 0.3) is 32.9 Å². The van der Waals surface area contributed by atoms with Crippen LogP contribution >= 0.6 is 0 Å². The average molecular weight is 742 g/mol. The van der Waals surface area contributed by atoms with E-state index in [1.54, 1.807) is 0 Å². The molecule has 274 valence electrons. The van der Waals surface area contributed by atoms with E-state index in [-0.39, 0.29) is 0 Å². The Kier molecular flexibility index (Phi) is 8.04. The van der Waals surface area contributed by atoms with Crippen LogP contribution in [0.5, 0.6) is 0 Å². The van der Waals surface area contributed by atoms with Gasteiger partial charge in [0, 0.05) is 44.6 Å². The zero-order valence-electron chi connectivity index (χ0n) is 31.9. The van der Waals surface area contributed by atoms with E-state index in [4.69, 9.17) is 0 Å². The summed E-state index contributed by atoms with van der Waals surface area (Å²) >= 11 is 0. The van der Waals surface area contributed by atoms with Crippen LogP contribution in [0.15, 0.2) is 237 Å². The molecule has 0 bridgehead atoms. The lowest BCUT2D eigenvalue weighted by Crippen LogP contribution is -2.42.